The van der Waals surface area contributed by atoms with Crippen LogP contribution in [-0.4, -0.2) is 53.0 Å². The van der Waals surface area contributed by atoms with Crippen LogP contribution < -0.4 is 14.8 Å². The van der Waals surface area contributed by atoms with Gasteiger partial charge >= 0.3 is 0 Å². The van der Waals surface area contributed by atoms with Gasteiger partial charge in [0.25, 0.3) is 11.1 Å². The molecule has 1 amide bonds. The zero-order valence-corrected chi connectivity index (χ0v) is 18.7. The van der Waals surface area contributed by atoms with Crippen molar-refractivity contribution in [2.75, 3.05) is 32.2 Å². The van der Waals surface area contributed by atoms with E-state index in [1.807, 2.05) is 6.92 Å². The van der Waals surface area contributed by atoms with Crippen LogP contribution in [0.25, 0.3) is 11.1 Å². The second-order valence-electron chi connectivity index (χ2n) is 7.50. The van der Waals surface area contributed by atoms with Crippen molar-refractivity contribution in [3.63, 3.8) is 0 Å². The Morgan fingerprint density at radius 3 is 2.77 bits per heavy atom. The van der Waals surface area contributed by atoms with Crippen LogP contribution in [0.3, 0.4) is 0 Å². The maximum absolute atomic E-state index is 13.0. The van der Waals surface area contributed by atoms with E-state index in [-0.39, 0.29) is 16.5 Å². The molecule has 1 aliphatic rings. The molecule has 0 radical (unpaired) electrons. The summed E-state index contributed by atoms with van der Waals surface area (Å²) in [5.74, 6) is 0.101. The highest BCUT2D eigenvalue weighted by molar-refractivity contribution is 7.17. The van der Waals surface area contributed by atoms with Crippen molar-refractivity contribution in [1.29, 1.82) is 0 Å². The molecule has 9 nitrogen and oxygen atoms in total. The van der Waals surface area contributed by atoms with Gasteiger partial charge in [0.15, 0.2) is 0 Å². The fourth-order valence-corrected chi connectivity index (χ4v) is 3.76. The zero-order valence-electron chi connectivity index (χ0n) is 17.1. The maximum Gasteiger partial charge on any atom is 0.295 e. The molecule has 1 fully saturated rings. The van der Waals surface area contributed by atoms with Crippen LogP contribution in [0, 0.1) is 12.3 Å². The van der Waals surface area contributed by atoms with E-state index in [1.54, 1.807) is 12.1 Å². The van der Waals surface area contributed by atoms with Crippen LogP contribution in [0.4, 0.5) is 5.13 Å². The highest BCUT2D eigenvalue weighted by Gasteiger charge is 2.34. The largest absolute Gasteiger partial charge is 0.494 e. The first-order valence-electron chi connectivity index (χ1n) is 9.39. The number of carbonyl (C=O) groups excluding carboxylic acids is 1. The van der Waals surface area contributed by atoms with E-state index in [0.29, 0.717) is 52.6 Å². The van der Waals surface area contributed by atoms with Crippen molar-refractivity contribution >= 4 is 34.0 Å². The number of aryl methyl sites for hydroxylation is 1. The van der Waals surface area contributed by atoms with E-state index in [9.17, 15) is 4.79 Å². The van der Waals surface area contributed by atoms with Gasteiger partial charge < -0.3 is 14.2 Å². The van der Waals surface area contributed by atoms with E-state index in [2.05, 4.69) is 32.4 Å². The quantitative estimate of drug-likeness (QED) is 0.531. The normalized spacial score (nSPS) is 14.6. The molecule has 4 heterocycles. The number of nitrogens with zero attached hydrogens (tertiary/aromatic N) is 4. The van der Waals surface area contributed by atoms with Gasteiger partial charge in [-0.25, -0.2) is 4.98 Å². The summed E-state index contributed by atoms with van der Waals surface area (Å²) < 4.78 is 16.3. The summed E-state index contributed by atoms with van der Waals surface area (Å²) in [4.78, 5) is 21.3. The number of hydrogen-bond donors (Lipinski definition) is 1. The number of halogens is 1. The van der Waals surface area contributed by atoms with Gasteiger partial charge in [-0.2, -0.15) is 0 Å². The Balaban J connectivity index is 1.55. The second kappa shape index (κ2) is 8.74. The van der Waals surface area contributed by atoms with Gasteiger partial charge in [-0.15, -0.1) is 5.10 Å². The Bertz CT molecular complexity index is 1120. The number of nitrogens with one attached hydrogen (secondary N) is 1. The minimum Gasteiger partial charge on any atom is -0.494 e. The van der Waals surface area contributed by atoms with E-state index in [4.69, 9.17) is 25.8 Å². The van der Waals surface area contributed by atoms with E-state index in [1.165, 1.54) is 19.5 Å². The van der Waals surface area contributed by atoms with E-state index < -0.39 is 0 Å². The number of aromatic nitrogens is 4. The van der Waals surface area contributed by atoms with Crippen molar-refractivity contribution in [3.8, 4) is 22.1 Å². The van der Waals surface area contributed by atoms with Crippen LogP contribution >= 0.6 is 22.9 Å². The molecule has 31 heavy (non-hydrogen) atoms. The molecule has 0 saturated carbocycles. The standard InChI is InChI=1S/C20H20ClN5O4S/c1-11-4-12(13-5-16(21)23-7-15(13)28-3)14(6-22-11)17(27)24-18-25-26-19(31-18)30-10-20(2)8-29-9-20/h4-7H,8-10H2,1-3H3,(H,24,25,27). The van der Waals surface area contributed by atoms with Gasteiger partial charge in [0, 0.05) is 28.4 Å². The summed E-state index contributed by atoms with van der Waals surface area (Å²) in [5.41, 5.74) is 2.31. The van der Waals surface area contributed by atoms with Crippen LogP contribution in [0.15, 0.2) is 24.5 Å². The third-order valence-corrected chi connectivity index (χ3v) is 5.66. The Morgan fingerprint density at radius 2 is 2.06 bits per heavy atom. The second-order valence-corrected chi connectivity index (χ2v) is 8.83. The Kier molecular flexibility index (Phi) is 6.03. The van der Waals surface area contributed by atoms with Crippen molar-refractivity contribution < 1.29 is 19.0 Å². The molecule has 0 unspecified atom stereocenters. The first-order chi connectivity index (χ1) is 14.9. The molecule has 1 saturated heterocycles. The van der Waals surface area contributed by atoms with Crippen LogP contribution in [0.2, 0.25) is 5.15 Å². The van der Waals surface area contributed by atoms with Crippen molar-refractivity contribution in [2.24, 2.45) is 5.41 Å². The highest BCUT2D eigenvalue weighted by Crippen LogP contribution is 2.34. The van der Waals surface area contributed by atoms with Crippen LogP contribution in [0.1, 0.15) is 23.0 Å². The smallest absolute Gasteiger partial charge is 0.295 e. The van der Waals surface area contributed by atoms with E-state index >= 15 is 0 Å². The van der Waals surface area contributed by atoms with Gasteiger partial charge in [-0.3, -0.25) is 15.1 Å². The van der Waals surface area contributed by atoms with Gasteiger partial charge in [0.2, 0.25) is 5.13 Å². The third-order valence-electron chi connectivity index (χ3n) is 4.70. The van der Waals surface area contributed by atoms with E-state index in [0.717, 1.165) is 17.0 Å². The number of anilines is 1. The molecule has 3 aromatic rings. The summed E-state index contributed by atoms with van der Waals surface area (Å²) in [7, 11) is 1.53. The predicted octanol–water partition coefficient (Wildman–Crippen LogP) is 3.63. The zero-order chi connectivity index (χ0) is 22.0. The molecule has 11 heteroatoms. The molecule has 3 aromatic heterocycles. The topological polar surface area (TPSA) is 108 Å². The lowest BCUT2D eigenvalue weighted by Crippen LogP contribution is -2.44. The molecule has 1 N–H and O–H groups in total. The van der Waals surface area contributed by atoms with Gasteiger partial charge in [0.1, 0.15) is 17.5 Å². The molecule has 0 atom stereocenters. The molecule has 0 bridgehead atoms. The number of hydrogen-bond acceptors (Lipinski definition) is 9. The molecule has 0 aliphatic carbocycles. The van der Waals surface area contributed by atoms with Gasteiger partial charge in [0.05, 0.1) is 32.1 Å². The Hall–Kier alpha value is -2.82. The first kappa shape index (κ1) is 21.4. The number of methoxy groups -OCH3 is 1. The Morgan fingerprint density at radius 1 is 1.26 bits per heavy atom. The lowest BCUT2D eigenvalue weighted by atomic mass is 9.90. The average molecular weight is 462 g/mol. The monoisotopic (exact) mass is 461 g/mol. The summed E-state index contributed by atoms with van der Waals surface area (Å²) in [6.45, 7) is 5.70. The number of ether oxygens (including phenoxy) is 3. The highest BCUT2D eigenvalue weighted by atomic mass is 35.5. The Labute approximate surface area is 187 Å². The van der Waals surface area contributed by atoms with Gasteiger partial charge in [-0.1, -0.05) is 23.6 Å². The van der Waals surface area contributed by atoms with Crippen LogP contribution in [0.5, 0.6) is 10.9 Å². The van der Waals surface area contributed by atoms with Crippen molar-refractivity contribution in [1.82, 2.24) is 20.2 Å². The molecule has 1 aliphatic heterocycles. The molecular weight excluding hydrogens is 442 g/mol. The number of carbonyl (C=O) groups is 1. The van der Waals surface area contributed by atoms with Crippen molar-refractivity contribution in [2.45, 2.75) is 13.8 Å². The fourth-order valence-electron chi connectivity index (χ4n) is 3.01. The summed E-state index contributed by atoms with van der Waals surface area (Å²) in [6.07, 6.45) is 3.01. The summed E-state index contributed by atoms with van der Waals surface area (Å²) in [5, 5.41) is 11.7. The first-order valence-corrected chi connectivity index (χ1v) is 10.6. The summed E-state index contributed by atoms with van der Waals surface area (Å²) in [6, 6.07) is 3.44. The number of pyridine rings is 2. The lowest BCUT2D eigenvalue weighted by molar-refractivity contribution is -0.120. The number of amides is 1. The van der Waals surface area contributed by atoms with Crippen LogP contribution in [-0.2, 0) is 4.74 Å². The lowest BCUT2D eigenvalue weighted by Gasteiger charge is -2.36. The number of rotatable bonds is 7. The molecule has 0 aromatic carbocycles. The summed E-state index contributed by atoms with van der Waals surface area (Å²) >= 11 is 7.24. The minimum absolute atomic E-state index is 0.0115. The fraction of sp³-hybridized carbons (Fsp3) is 0.350. The maximum atomic E-state index is 13.0. The third kappa shape index (κ3) is 4.76. The molecule has 162 valence electrons. The average Bonchev–Trinajstić information content (AvgIpc) is 3.18. The van der Waals surface area contributed by atoms with Crippen molar-refractivity contribution in [3.05, 3.63) is 40.9 Å². The molecular formula is C20H20ClN5O4S. The minimum atomic E-state index is -0.389. The predicted molar refractivity (Wildman–Crippen MR) is 116 cm³/mol. The SMILES string of the molecule is COc1cnc(Cl)cc1-c1cc(C)ncc1C(=O)Nc1nnc(OCC2(C)COC2)s1. The van der Waals surface area contributed by atoms with Gasteiger partial charge in [-0.05, 0) is 30.4 Å². The molecule has 0 spiro atoms. The molecule has 4 rings (SSSR count).